The second-order valence-electron chi connectivity index (χ2n) is 4.55. The maximum absolute atomic E-state index is 13.0. The fraction of sp³-hybridized carbons (Fsp3) is 0.462. The zero-order valence-electron chi connectivity index (χ0n) is 10.7. The normalized spacial score (nSPS) is 16.1. The van der Waals surface area contributed by atoms with Crippen molar-refractivity contribution >= 4 is 46.6 Å². The fourth-order valence-corrected chi connectivity index (χ4v) is 3.58. The second-order valence-corrected chi connectivity index (χ2v) is 6.66. The molecule has 2 rings (SSSR count). The first-order valence-electron chi connectivity index (χ1n) is 6.33. The summed E-state index contributed by atoms with van der Waals surface area (Å²) in [6, 6.07) is 2.26. The van der Waals surface area contributed by atoms with Gasteiger partial charge in [-0.1, -0.05) is 23.2 Å². The Morgan fingerprint density at radius 1 is 1.35 bits per heavy atom. The molecular weight excluding hydrogens is 322 g/mol. The van der Waals surface area contributed by atoms with E-state index in [1.165, 1.54) is 0 Å². The van der Waals surface area contributed by atoms with Crippen molar-refractivity contribution in [1.82, 2.24) is 5.32 Å². The molecule has 1 aromatic carbocycles. The quantitative estimate of drug-likeness (QED) is 0.883. The molecule has 2 N–H and O–H groups in total. The summed E-state index contributed by atoms with van der Waals surface area (Å²) < 4.78 is 13.0. The van der Waals surface area contributed by atoms with Gasteiger partial charge in [-0.2, -0.15) is 0 Å². The van der Waals surface area contributed by atoms with Gasteiger partial charge in [0, 0.05) is 5.25 Å². The topological polar surface area (TPSA) is 41.1 Å². The van der Waals surface area contributed by atoms with Crippen molar-refractivity contribution in [3.05, 3.63) is 28.0 Å². The molecule has 1 fully saturated rings. The Bertz CT molecular complexity index is 472. The largest absolute Gasteiger partial charge is 0.323 e. The smallest absolute Gasteiger partial charge is 0.234 e. The van der Waals surface area contributed by atoms with E-state index < -0.39 is 5.82 Å². The Kier molecular flexibility index (Phi) is 5.96. The van der Waals surface area contributed by atoms with Gasteiger partial charge in [-0.05, 0) is 38.1 Å². The van der Waals surface area contributed by atoms with Crippen LogP contribution in [0.25, 0.3) is 0 Å². The third-order valence-electron chi connectivity index (χ3n) is 3.01. The monoisotopic (exact) mass is 336 g/mol. The van der Waals surface area contributed by atoms with Crippen LogP contribution in [0.1, 0.15) is 12.8 Å². The predicted molar refractivity (Wildman–Crippen MR) is 83.4 cm³/mol. The van der Waals surface area contributed by atoms with E-state index in [0.717, 1.165) is 38.1 Å². The summed E-state index contributed by atoms with van der Waals surface area (Å²) in [5.41, 5.74) is 0.269. The summed E-state index contributed by atoms with van der Waals surface area (Å²) in [6.45, 7) is 1.99. The Morgan fingerprint density at radius 2 is 1.95 bits per heavy atom. The third-order valence-corrected chi connectivity index (χ3v) is 4.98. The molecule has 1 saturated heterocycles. The standard InChI is InChI=1S/C13H15Cl2FN2OS/c14-10-5-8(16)6-11(15)13(10)18-12(19)7-20-9-1-3-17-4-2-9/h5-6,9,17H,1-4,7H2,(H,18,19). The summed E-state index contributed by atoms with van der Waals surface area (Å²) in [4.78, 5) is 11.9. The van der Waals surface area contributed by atoms with Crippen molar-refractivity contribution in [3.63, 3.8) is 0 Å². The van der Waals surface area contributed by atoms with Gasteiger partial charge >= 0.3 is 0 Å². The van der Waals surface area contributed by atoms with Crippen LogP contribution in [0.15, 0.2) is 12.1 Å². The molecule has 7 heteroatoms. The lowest BCUT2D eigenvalue weighted by Crippen LogP contribution is -2.30. The first-order chi connectivity index (χ1) is 9.56. The van der Waals surface area contributed by atoms with E-state index in [2.05, 4.69) is 10.6 Å². The van der Waals surface area contributed by atoms with Crippen LogP contribution in [-0.4, -0.2) is 30.0 Å². The molecule has 3 nitrogen and oxygen atoms in total. The molecule has 20 heavy (non-hydrogen) atoms. The third kappa shape index (κ3) is 4.52. The number of carbonyl (C=O) groups excluding carboxylic acids is 1. The van der Waals surface area contributed by atoms with Crippen molar-refractivity contribution in [2.45, 2.75) is 18.1 Å². The number of anilines is 1. The molecule has 0 aliphatic carbocycles. The van der Waals surface area contributed by atoms with Crippen LogP contribution in [0, 0.1) is 5.82 Å². The molecule has 1 heterocycles. The minimum Gasteiger partial charge on any atom is -0.323 e. The van der Waals surface area contributed by atoms with Crippen LogP contribution in [0.5, 0.6) is 0 Å². The number of rotatable bonds is 4. The Hall–Kier alpha value is -0.490. The molecule has 0 aromatic heterocycles. The summed E-state index contributed by atoms with van der Waals surface area (Å²) in [7, 11) is 0. The lowest BCUT2D eigenvalue weighted by molar-refractivity contribution is -0.113. The van der Waals surface area contributed by atoms with Crippen LogP contribution < -0.4 is 10.6 Å². The van der Waals surface area contributed by atoms with E-state index in [4.69, 9.17) is 23.2 Å². The highest BCUT2D eigenvalue weighted by atomic mass is 35.5. The van der Waals surface area contributed by atoms with Gasteiger partial charge in [0.05, 0.1) is 21.5 Å². The SMILES string of the molecule is O=C(CSC1CCNCC1)Nc1c(Cl)cc(F)cc1Cl. The summed E-state index contributed by atoms with van der Waals surface area (Å²) >= 11 is 13.4. The molecule has 1 aliphatic heterocycles. The van der Waals surface area contributed by atoms with Crippen molar-refractivity contribution in [2.75, 3.05) is 24.2 Å². The number of hydrogen-bond acceptors (Lipinski definition) is 3. The first kappa shape index (κ1) is 15.9. The van der Waals surface area contributed by atoms with E-state index in [0.29, 0.717) is 11.0 Å². The maximum Gasteiger partial charge on any atom is 0.234 e. The Balaban J connectivity index is 1.88. The number of amides is 1. The number of thioether (sulfide) groups is 1. The molecule has 0 saturated carbocycles. The number of benzene rings is 1. The molecule has 0 radical (unpaired) electrons. The number of carbonyl (C=O) groups is 1. The second kappa shape index (κ2) is 7.50. The van der Waals surface area contributed by atoms with Crippen molar-refractivity contribution in [3.8, 4) is 0 Å². The van der Waals surface area contributed by atoms with E-state index in [1.807, 2.05) is 0 Å². The van der Waals surface area contributed by atoms with E-state index in [1.54, 1.807) is 11.8 Å². The average Bonchev–Trinajstić information content (AvgIpc) is 2.42. The van der Waals surface area contributed by atoms with Crippen molar-refractivity contribution < 1.29 is 9.18 Å². The highest BCUT2D eigenvalue weighted by molar-refractivity contribution is 8.00. The minimum absolute atomic E-state index is 0.107. The molecule has 1 aromatic rings. The van der Waals surface area contributed by atoms with E-state index in [-0.39, 0.29) is 21.6 Å². The molecule has 0 spiro atoms. The van der Waals surface area contributed by atoms with E-state index >= 15 is 0 Å². The van der Waals surface area contributed by atoms with Crippen LogP contribution in [0.2, 0.25) is 10.0 Å². The molecule has 110 valence electrons. The van der Waals surface area contributed by atoms with Crippen molar-refractivity contribution in [1.29, 1.82) is 0 Å². The number of nitrogens with one attached hydrogen (secondary N) is 2. The maximum atomic E-state index is 13.0. The fourth-order valence-electron chi connectivity index (χ4n) is 1.99. The minimum atomic E-state index is -0.526. The highest BCUT2D eigenvalue weighted by Gasteiger charge is 2.16. The van der Waals surface area contributed by atoms with Gasteiger partial charge in [0.2, 0.25) is 5.91 Å². The van der Waals surface area contributed by atoms with Gasteiger partial charge in [0.25, 0.3) is 0 Å². The number of piperidine rings is 1. The van der Waals surface area contributed by atoms with Gasteiger partial charge in [-0.25, -0.2) is 4.39 Å². The molecule has 1 amide bonds. The van der Waals surface area contributed by atoms with E-state index in [9.17, 15) is 9.18 Å². The summed E-state index contributed by atoms with van der Waals surface area (Å²) in [5, 5.41) is 6.63. The van der Waals surface area contributed by atoms with Crippen LogP contribution in [0.3, 0.4) is 0 Å². The summed E-state index contributed by atoms with van der Waals surface area (Å²) in [5.74, 6) is -0.361. The van der Waals surface area contributed by atoms with Gasteiger partial charge < -0.3 is 10.6 Å². The molecule has 0 unspecified atom stereocenters. The number of halogens is 3. The highest BCUT2D eigenvalue weighted by Crippen LogP contribution is 2.31. The van der Waals surface area contributed by atoms with Crippen LogP contribution in [0.4, 0.5) is 10.1 Å². The predicted octanol–water partition coefficient (Wildman–Crippen LogP) is 3.56. The molecule has 0 atom stereocenters. The van der Waals surface area contributed by atoms with Crippen LogP contribution >= 0.6 is 35.0 Å². The van der Waals surface area contributed by atoms with Crippen molar-refractivity contribution in [2.24, 2.45) is 0 Å². The lowest BCUT2D eigenvalue weighted by Gasteiger charge is -2.21. The van der Waals surface area contributed by atoms with Gasteiger partial charge in [-0.3, -0.25) is 4.79 Å². The Morgan fingerprint density at radius 3 is 2.55 bits per heavy atom. The number of hydrogen-bond donors (Lipinski definition) is 2. The average molecular weight is 337 g/mol. The van der Waals surface area contributed by atoms with Gasteiger partial charge in [0.1, 0.15) is 5.82 Å². The zero-order chi connectivity index (χ0) is 14.5. The lowest BCUT2D eigenvalue weighted by atomic mass is 10.2. The molecular formula is C13H15Cl2FN2OS. The zero-order valence-corrected chi connectivity index (χ0v) is 13.0. The molecule has 0 bridgehead atoms. The van der Waals surface area contributed by atoms with Crippen LogP contribution in [-0.2, 0) is 4.79 Å². The summed E-state index contributed by atoms with van der Waals surface area (Å²) in [6.07, 6.45) is 2.13. The van der Waals surface area contributed by atoms with Gasteiger partial charge in [0.15, 0.2) is 0 Å². The molecule has 1 aliphatic rings. The Labute approximate surface area is 131 Å². The first-order valence-corrected chi connectivity index (χ1v) is 8.13. The van der Waals surface area contributed by atoms with Gasteiger partial charge in [-0.15, -0.1) is 11.8 Å².